The number of carbonyl (C=O) groups is 1. The number of nitrogens with one attached hydrogen (secondary N) is 1. The molecule has 3 heteroatoms. The van der Waals surface area contributed by atoms with E-state index in [1.54, 1.807) is 0 Å². The molecular formula is C29H36N2O. The molecule has 0 aliphatic heterocycles. The van der Waals surface area contributed by atoms with E-state index in [4.69, 9.17) is 0 Å². The van der Waals surface area contributed by atoms with E-state index in [-0.39, 0.29) is 5.91 Å². The van der Waals surface area contributed by atoms with Gasteiger partial charge in [-0.1, -0.05) is 74.4 Å². The summed E-state index contributed by atoms with van der Waals surface area (Å²) in [6.07, 6.45) is 14.8. The van der Waals surface area contributed by atoms with Crippen LogP contribution in [0.3, 0.4) is 0 Å². The number of aromatic nitrogens is 1. The van der Waals surface area contributed by atoms with Gasteiger partial charge in [0.2, 0.25) is 0 Å². The van der Waals surface area contributed by atoms with E-state index < -0.39 is 0 Å². The van der Waals surface area contributed by atoms with Gasteiger partial charge in [0.05, 0.1) is 5.56 Å². The van der Waals surface area contributed by atoms with Crippen LogP contribution < -0.4 is 5.32 Å². The highest BCUT2D eigenvalue weighted by Gasteiger charge is 2.22. The third kappa shape index (κ3) is 4.62. The molecule has 2 aromatic carbocycles. The van der Waals surface area contributed by atoms with Crippen LogP contribution in [0.25, 0.3) is 22.0 Å². The Bertz CT molecular complexity index is 1080. The molecule has 2 aliphatic rings. The van der Waals surface area contributed by atoms with Gasteiger partial charge in [-0.15, -0.1) is 0 Å². The van der Waals surface area contributed by atoms with Crippen LogP contribution in [0, 0.1) is 12.8 Å². The highest BCUT2D eigenvalue weighted by atomic mass is 16.1. The number of aryl methyl sites for hydroxylation is 1. The predicted octanol–water partition coefficient (Wildman–Crippen LogP) is 7.26. The Labute approximate surface area is 192 Å². The number of carbonyl (C=O) groups excluding carboxylic acids is 1. The first-order chi connectivity index (χ1) is 15.7. The largest absolute Gasteiger partial charge is 0.349 e. The molecular weight excluding hydrogens is 392 g/mol. The molecule has 168 valence electrons. The Balaban J connectivity index is 1.51. The van der Waals surface area contributed by atoms with Gasteiger partial charge in [-0.3, -0.25) is 4.79 Å². The van der Waals surface area contributed by atoms with E-state index in [0.29, 0.717) is 6.04 Å². The van der Waals surface area contributed by atoms with Crippen molar-refractivity contribution >= 4 is 16.8 Å². The average molecular weight is 429 g/mol. The lowest BCUT2D eigenvalue weighted by Crippen LogP contribution is -2.36. The first-order valence-electron chi connectivity index (χ1n) is 12.7. The quantitative estimate of drug-likeness (QED) is 0.456. The standard InChI is InChI=1S/C29H36N2O/c1-21-9-8-12-23(17-21)24-15-16-28-26(18-24)27(29(32)30-25-13-6-3-7-14-25)20-31(28)19-22-10-4-2-5-11-22/h8-9,12,15-18,20,22,25H,2-7,10-11,13-14,19H2,1H3,(H,30,32). The third-order valence-corrected chi connectivity index (χ3v) is 7.60. The van der Waals surface area contributed by atoms with Crippen molar-refractivity contribution in [3.63, 3.8) is 0 Å². The first kappa shape index (κ1) is 21.3. The summed E-state index contributed by atoms with van der Waals surface area (Å²) >= 11 is 0. The molecule has 0 radical (unpaired) electrons. The van der Waals surface area contributed by atoms with Crippen molar-refractivity contribution in [2.75, 3.05) is 0 Å². The molecule has 0 unspecified atom stereocenters. The Kier molecular flexibility index (Phi) is 6.34. The Hall–Kier alpha value is -2.55. The van der Waals surface area contributed by atoms with Gasteiger partial charge in [-0.25, -0.2) is 0 Å². The molecule has 2 aliphatic carbocycles. The van der Waals surface area contributed by atoms with Crippen molar-refractivity contribution in [1.29, 1.82) is 0 Å². The lowest BCUT2D eigenvalue weighted by Gasteiger charge is -2.23. The van der Waals surface area contributed by atoms with Crippen molar-refractivity contribution in [2.45, 2.75) is 83.7 Å². The monoisotopic (exact) mass is 428 g/mol. The minimum atomic E-state index is 0.102. The van der Waals surface area contributed by atoms with Gasteiger partial charge in [0.25, 0.3) is 5.91 Å². The molecule has 5 rings (SSSR count). The lowest BCUT2D eigenvalue weighted by molar-refractivity contribution is 0.0929. The fourth-order valence-electron chi connectivity index (χ4n) is 5.79. The highest BCUT2D eigenvalue weighted by Crippen LogP contribution is 2.32. The zero-order chi connectivity index (χ0) is 21.9. The SMILES string of the molecule is Cc1cccc(-c2ccc3c(c2)c(C(=O)NC2CCCCC2)cn3CC2CCCCC2)c1. The molecule has 0 bridgehead atoms. The summed E-state index contributed by atoms with van der Waals surface area (Å²) in [6.45, 7) is 3.16. The second-order valence-electron chi connectivity index (χ2n) is 10.1. The lowest BCUT2D eigenvalue weighted by atomic mass is 9.89. The molecule has 32 heavy (non-hydrogen) atoms. The van der Waals surface area contributed by atoms with Gasteiger partial charge in [0.1, 0.15) is 0 Å². The minimum absolute atomic E-state index is 0.102. The predicted molar refractivity (Wildman–Crippen MR) is 133 cm³/mol. The van der Waals surface area contributed by atoms with E-state index in [1.165, 1.54) is 73.6 Å². The van der Waals surface area contributed by atoms with Gasteiger partial charge in [-0.05, 0) is 61.8 Å². The van der Waals surface area contributed by atoms with Gasteiger partial charge in [0.15, 0.2) is 0 Å². The van der Waals surface area contributed by atoms with Gasteiger partial charge in [0, 0.05) is 29.7 Å². The number of rotatable bonds is 5. The fourth-order valence-corrected chi connectivity index (χ4v) is 5.79. The van der Waals surface area contributed by atoms with Gasteiger partial charge >= 0.3 is 0 Å². The number of amides is 1. The van der Waals surface area contributed by atoms with Crippen LogP contribution in [0.2, 0.25) is 0 Å². The summed E-state index contributed by atoms with van der Waals surface area (Å²) in [4.78, 5) is 13.4. The summed E-state index contributed by atoms with van der Waals surface area (Å²) in [7, 11) is 0. The number of hydrogen-bond acceptors (Lipinski definition) is 1. The van der Waals surface area contributed by atoms with Crippen LogP contribution in [0.1, 0.15) is 80.1 Å². The summed E-state index contributed by atoms with van der Waals surface area (Å²) < 4.78 is 2.36. The molecule has 1 heterocycles. The van der Waals surface area contributed by atoms with Crippen LogP contribution in [0.5, 0.6) is 0 Å². The smallest absolute Gasteiger partial charge is 0.253 e. The third-order valence-electron chi connectivity index (χ3n) is 7.60. The number of nitrogens with zero attached hydrogens (tertiary/aromatic N) is 1. The second-order valence-corrected chi connectivity index (χ2v) is 10.1. The maximum Gasteiger partial charge on any atom is 0.253 e. The molecule has 1 N–H and O–H groups in total. The highest BCUT2D eigenvalue weighted by molar-refractivity contribution is 6.08. The summed E-state index contributed by atoms with van der Waals surface area (Å²) in [6, 6.07) is 15.6. The molecule has 0 saturated heterocycles. The maximum atomic E-state index is 13.4. The summed E-state index contributed by atoms with van der Waals surface area (Å²) in [5.74, 6) is 0.829. The van der Waals surface area contributed by atoms with Crippen LogP contribution in [0.4, 0.5) is 0 Å². The molecule has 1 amide bonds. The summed E-state index contributed by atoms with van der Waals surface area (Å²) in [5.41, 5.74) is 5.69. The van der Waals surface area contributed by atoms with Crippen LogP contribution >= 0.6 is 0 Å². The van der Waals surface area contributed by atoms with Crippen molar-refractivity contribution < 1.29 is 4.79 Å². The van der Waals surface area contributed by atoms with Gasteiger partial charge in [-0.2, -0.15) is 0 Å². The van der Waals surface area contributed by atoms with E-state index in [9.17, 15) is 4.79 Å². The van der Waals surface area contributed by atoms with Crippen molar-refractivity contribution in [3.8, 4) is 11.1 Å². The van der Waals surface area contributed by atoms with E-state index in [2.05, 4.69) is 65.5 Å². The molecule has 0 spiro atoms. The van der Waals surface area contributed by atoms with Crippen molar-refractivity contribution in [1.82, 2.24) is 9.88 Å². The molecule has 3 aromatic rings. The minimum Gasteiger partial charge on any atom is -0.349 e. The number of hydrogen-bond donors (Lipinski definition) is 1. The zero-order valence-electron chi connectivity index (χ0n) is 19.4. The first-order valence-corrected chi connectivity index (χ1v) is 12.7. The van der Waals surface area contributed by atoms with E-state index in [0.717, 1.165) is 36.3 Å². The fraction of sp³-hybridized carbons (Fsp3) is 0.483. The normalized spacial score (nSPS) is 18.2. The van der Waals surface area contributed by atoms with Crippen LogP contribution in [-0.2, 0) is 6.54 Å². The van der Waals surface area contributed by atoms with Crippen molar-refractivity contribution in [2.24, 2.45) is 5.92 Å². The molecule has 2 fully saturated rings. The molecule has 3 nitrogen and oxygen atoms in total. The Morgan fingerprint density at radius 2 is 1.62 bits per heavy atom. The average Bonchev–Trinajstić information content (AvgIpc) is 3.18. The molecule has 1 aromatic heterocycles. The van der Waals surface area contributed by atoms with Crippen LogP contribution in [0.15, 0.2) is 48.7 Å². The zero-order valence-corrected chi connectivity index (χ0v) is 19.4. The summed E-state index contributed by atoms with van der Waals surface area (Å²) in [5, 5.41) is 4.45. The molecule has 2 saturated carbocycles. The maximum absolute atomic E-state index is 13.4. The Morgan fingerprint density at radius 1 is 0.906 bits per heavy atom. The Morgan fingerprint density at radius 3 is 2.38 bits per heavy atom. The molecule has 0 atom stereocenters. The van der Waals surface area contributed by atoms with Crippen LogP contribution in [-0.4, -0.2) is 16.5 Å². The second kappa shape index (κ2) is 9.52. The topological polar surface area (TPSA) is 34.0 Å². The number of benzene rings is 2. The van der Waals surface area contributed by atoms with Crippen molar-refractivity contribution in [3.05, 3.63) is 59.8 Å². The van der Waals surface area contributed by atoms with E-state index >= 15 is 0 Å². The van der Waals surface area contributed by atoms with E-state index in [1.807, 2.05) is 0 Å². The van der Waals surface area contributed by atoms with Gasteiger partial charge < -0.3 is 9.88 Å². The number of fused-ring (bicyclic) bond motifs is 1.